The third-order valence-electron chi connectivity index (χ3n) is 4.36. The molecule has 3 nitrogen and oxygen atoms in total. The Morgan fingerprint density at radius 1 is 1.08 bits per heavy atom. The maximum absolute atomic E-state index is 13.2. The van der Waals surface area contributed by atoms with Crippen LogP contribution in [0, 0.1) is 0 Å². The van der Waals surface area contributed by atoms with Gasteiger partial charge < -0.3 is 9.64 Å². The molecule has 2 aromatic carbocycles. The van der Waals surface area contributed by atoms with Crippen LogP contribution in [-0.2, 0) is 9.53 Å². The van der Waals surface area contributed by atoms with E-state index < -0.39 is 0 Å². The van der Waals surface area contributed by atoms with Gasteiger partial charge in [0.2, 0.25) is 0 Å². The van der Waals surface area contributed by atoms with Crippen molar-refractivity contribution in [2.75, 3.05) is 26.8 Å². The molecule has 0 bridgehead atoms. The first kappa shape index (κ1) is 17.9. The molecule has 1 aliphatic heterocycles. The number of likely N-dealkylation sites (N-methyl/N-ethyl adjacent to an activating group) is 1. The maximum Gasteiger partial charge on any atom is 0.254 e. The van der Waals surface area contributed by atoms with Gasteiger partial charge in [0.1, 0.15) is 0 Å². The predicted molar refractivity (Wildman–Crippen MR) is 106 cm³/mol. The van der Waals surface area contributed by atoms with Crippen LogP contribution < -0.4 is 0 Å². The predicted octanol–water partition coefficient (Wildman–Crippen LogP) is 4.20. The molecule has 3 rings (SSSR count). The van der Waals surface area contributed by atoms with Gasteiger partial charge in [0.25, 0.3) is 5.91 Å². The van der Waals surface area contributed by atoms with Gasteiger partial charge in [-0.15, -0.1) is 6.58 Å². The summed E-state index contributed by atoms with van der Waals surface area (Å²) >= 11 is 0. The molecule has 1 aliphatic rings. The molecular weight excluding hydrogens is 322 g/mol. The highest BCUT2D eigenvalue weighted by Gasteiger charge is 2.26. The number of benzene rings is 2. The highest BCUT2D eigenvalue weighted by molar-refractivity contribution is 6.21. The van der Waals surface area contributed by atoms with Crippen molar-refractivity contribution in [1.82, 2.24) is 4.90 Å². The molecular formula is C23H23NO2. The summed E-state index contributed by atoms with van der Waals surface area (Å²) < 4.78 is 5.72. The van der Waals surface area contributed by atoms with Gasteiger partial charge in [-0.25, -0.2) is 0 Å². The zero-order chi connectivity index (χ0) is 18.4. The van der Waals surface area contributed by atoms with Crippen molar-refractivity contribution in [3.8, 4) is 0 Å². The molecule has 1 amide bonds. The lowest BCUT2D eigenvalue weighted by atomic mass is 9.94. The molecule has 0 radical (unpaired) electrons. The molecule has 132 valence electrons. The van der Waals surface area contributed by atoms with Crippen LogP contribution in [0.3, 0.4) is 0 Å². The summed E-state index contributed by atoms with van der Waals surface area (Å²) in [6, 6.07) is 19.9. The summed E-state index contributed by atoms with van der Waals surface area (Å²) in [5.41, 5.74) is 4.73. The molecule has 0 N–H and O–H groups in total. The van der Waals surface area contributed by atoms with E-state index in [1.165, 1.54) is 0 Å². The van der Waals surface area contributed by atoms with Crippen LogP contribution in [0.1, 0.15) is 11.1 Å². The lowest BCUT2D eigenvalue weighted by Crippen LogP contribution is -2.28. The SMILES string of the molecule is C=CCN(C)C(=O)/C(=C1/COC/C1=C\c1ccccc1)c1ccccc1. The van der Waals surface area contributed by atoms with E-state index in [4.69, 9.17) is 4.74 Å². The molecule has 0 atom stereocenters. The van der Waals surface area contributed by atoms with Crippen LogP contribution in [0.4, 0.5) is 0 Å². The van der Waals surface area contributed by atoms with Gasteiger partial charge in [-0.1, -0.05) is 66.7 Å². The smallest absolute Gasteiger partial charge is 0.254 e. The molecule has 0 unspecified atom stereocenters. The molecule has 0 aliphatic carbocycles. The third-order valence-corrected chi connectivity index (χ3v) is 4.36. The Labute approximate surface area is 154 Å². The summed E-state index contributed by atoms with van der Waals surface area (Å²) in [6.07, 6.45) is 3.84. The zero-order valence-electron chi connectivity index (χ0n) is 15.0. The van der Waals surface area contributed by atoms with Crippen LogP contribution in [0.2, 0.25) is 0 Å². The number of ether oxygens (including phenoxy) is 1. The van der Waals surface area contributed by atoms with Crippen molar-refractivity contribution in [3.05, 3.63) is 95.6 Å². The Bertz CT molecular complexity index is 835. The molecule has 3 heteroatoms. The Hall–Kier alpha value is -2.91. The van der Waals surface area contributed by atoms with Crippen molar-refractivity contribution in [3.63, 3.8) is 0 Å². The normalized spacial score (nSPS) is 17.2. The van der Waals surface area contributed by atoms with E-state index in [-0.39, 0.29) is 5.91 Å². The summed E-state index contributed by atoms with van der Waals surface area (Å²) in [6.45, 7) is 5.19. The lowest BCUT2D eigenvalue weighted by molar-refractivity contribution is -0.123. The van der Waals surface area contributed by atoms with Gasteiger partial charge in [-0.2, -0.15) is 0 Å². The van der Waals surface area contributed by atoms with Gasteiger partial charge in [0, 0.05) is 13.6 Å². The average molecular weight is 345 g/mol. The first-order chi connectivity index (χ1) is 12.7. The lowest BCUT2D eigenvalue weighted by Gasteiger charge is -2.19. The van der Waals surface area contributed by atoms with E-state index in [9.17, 15) is 4.79 Å². The van der Waals surface area contributed by atoms with Crippen LogP contribution >= 0.6 is 0 Å². The fourth-order valence-corrected chi connectivity index (χ4v) is 3.05. The zero-order valence-corrected chi connectivity index (χ0v) is 15.0. The molecule has 1 saturated heterocycles. The Kier molecular flexibility index (Phi) is 5.82. The minimum absolute atomic E-state index is 0.0180. The fourth-order valence-electron chi connectivity index (χ4n) is 3.05. The van der Waals surface area contributed by atoms with Crippen LogP contribution in [0.25, 0.3) is 11.6 Å². The highest BCUT2D eigenvalue weighted by atomic mass is 16.5. The van der Waals surface area contributed by atoms with Crippen molar-refractivity contribution in [2.24, 2.45) is 0 Å². The minimum atomic E-state index is -0.0180. The first-order valence-corrected chi connectivity index (χ1v) is 8.69. The second kappa shape index (κ2) is 8.45. The number of hydrogen-bond donors (Lipinski definition) is 0. The largest absolute Gasteiger partial charge is 0.372 e. The van der Waals surface area contributed by atoms with Gasteiger partial charge in [-0.05, 0) is 28.3 Å². The monoisotopic (exact) mass is 345 g/mol. The summed E-state index contributed by atoms with van der Waals surface area (Å²) in [7, 11) is 1.80. The van der Waals surface area contributed by atoms with E-state index in [1.54, 1.807) is 18.0 Å². The van der Waals surface area contributed by atoms with Gasteiger partial charge >= 0.3 is 0 Å². The second-order valence-corrected chi connectivity index (χ2v) is 6.27. The first-order valence-electron chi connectivity index (χ1n) is 8.69. The highest BCUT2D eigenvalue weighted by Crippen LogP contribution is 2.31. The quantitative estimate of drug-likeness (QED) is 0.600. The van der Waals surface area contributed by atoms with Gasteiger partial charge in [0.05, 0.1) is 18.8 Å². The second-order valence-electron chi connectivity index (χ2n) is 6.27. The summed E-state index contributed by atoms with van der Waals surface area (Å²) in [5.74, 6) is -0.0180. The molecule has 0 spiro atoms. The molecule has 26 heavy (non-hydrogen) atoms. The van der Waals surface area contributed by atoms with Gasteiger partial charge in [-0.3, -0.25) is 4.79 Å². The number of hydrogen-bond acceptors (Lipinski definition) is 2. The number of amides is 1. The number of carbonyl (C=O) groups is 1. The van der Waals surface area contributed by atoms with Crippen LogP contribution in [-0.4, -0.2) is 37.6 Å². The Balaban J connectivity index is 2.11. The van der Waals surface area contributed by atoms with Crippen LogP contribution in [0.5, 0.6) is 0 Å². The van der Waals surface area contributed by atoms with Crippen molar-refractivity contribution >= 4 is 17.6 Å². The van der Waals surface area contributed by atoms with Crippen molar-refractivity contribution in [2.45, 2.75) is 0 Å². The van der Waals surface area contributed by atoms with Gasteiger partial charge in [0.15, 0.2) is 0 Å². The average Bonchev–Trinajstić information content (AvgIpc) is 3.11. The Morgan fingerprint density at radius 3 is 2.38 bits per heavy atom. The van der Waals surface area contributed by atoms with E-state index in [0.29, 0.717) is 25.3 Å². The van der Waals surface area contributed by atoms with Crippen molar-refractivity contribution < 1.29 is 9.53 Å². The summed E-state index contributed by atoms with van der Waals surface area (Å²) in [4.78, 5) is 14.8. The molecule has 0 aromatic heterocycles. The molecule has 0 saturated carbocycles. The van der Waals surface area contributed by atoms with E-state index in [1.807, 2.05) is 48.5 Å². The minimum Gasteiger partial charge on any atom is -0.372 e. The van der Waals surface area contributed by atoms with Crippen molar-refractivity contribution in [1.29, 1.82) is 0 Å². The number of rotatable bonds is 5. The number of nitrogens with zero attached hydrogens (tertiary/aromatic N) is 1. The standard InChI is InChI=1S/C23H23NO2/c1-3-14-24(2)23(25)22(19-12-8-5-9-13-19)21-17-26-16-20(21)15-18-10-6-4-7-11-18/h3-13,15H,1,14,16-17H2,2H3/b20-15+,22-21-. The Morgan fingerprint density at radius 2 is 1.73 bits per heavy atom. The van der Waals surface area contributed by atoms with E-state index >= 15 is 0 Å². The molecule has 1 heterocycles. The van der Waals surface area contributed by atoms with E-state index in [0.717, 1.165) is 22.3 Å². The molecule has 2 aromatic rings. The maximum atomic E-state index is 13.2. The number of carbonyl (C=O) groups excluding carboxylic acids is 1. The third kappa shape index (κ3) is 4.01. The molecule has 1 fully saturated rings. The van der Waals surface area contributed by atoms with E-state index in [2.05, 4.69) is 24.8 Å². The fraction of sp³-hybridized carbons (Fsp3) is 0.174. The summed E-state index contributed by atoms with van der Waals surface area (Å²) in [5, 5.41) is 0. The topological polar surface area (TPSA) is 29.5 Å². The van der Waals surface area contributed by atoms with Crippen LogP contribution in [0.15, 0.2) is 84.5 Å².